The fraction of sp³-hybridized carbons (Fsp3) is 0.222. The van der Waals surface area contributed by atoms with Crippen LogP contribution in [0.4, 0.5) is 8.78 Å². The van der Waals surface area contributed by atoms with Gasteiger partial charge in [-0.2, -0.15) is 0 Å². The molecule has 7 heteroatoms. The number of rotatable bonds is 3. The Hall–Kier alpha value is -1.24. The van der Waals surface area contributed by atoms with Crippen LogP contribution in [0.3, 0.4) is 0 Å². The van der Waals surface area contributed by atoms with E-state index in [-0.39, 0.29) is 0 Å². The number of carbonyl (C=O) groups excluding carboxylic acids is 1. The van der Waals surface area contributed by atoms with E-state index >= 15 is 0 Å². The minimum absolute atomic E-state index is 0.701. The lowest BCUT2D eigenvalue weighted by Crippen LogP contribution is -2.34. The van der Waals surface area contributed by atoms with E-state index in [4.69, 9.17) is 22.4 Å². The van der Waals surface area contributed by atoms with Gasteiger partial charge in [0.1, 0.15) is 17.7 Å². The van der Waals surface area contributed by atoms with Crippen molar-refractivity contribution in [2.45, 2.75) is 12.2 Å². The van der Waals surface area contributed by atoms with Crippen LogP contribution in [0.25, 0.3) is 0 Å². The van der Waals surface area contributed by atoms with Crippen LogP contribution in [0.1, 0.15) is 11.7 Å². The van der Waals surface area contributed by atoms with Gasteiger partial charge in [-0.1, -0.05) is 11.6 Å². The summed E-state index contributed by atoms with van der Waals surface area (Å²) in [5.41, 5.74) is 4.00. The molecule has 16 heavy (non-hydrogen) atoms. The quantitative estimate of drug-likeness (QED) is 0.684. The van der Waals surface area contributed by atoms with Crippen molar-refractivity contribution in [2.75, 3.05) is 0 Å². The van der Waals surface area contributed by atoms with Gasteiger partial charge in [-0.05, 0) is 12.1 Å². The maximum atomic E-state index is 13.2. The van der Waals surface area contributed by atoms with E-state index in [9.17, 15) is 18.7 Å². The Morgan fingerprint density at radius 1 is 1.31 bits per heavy atom. The van der Waals surface area contributed by atoms with Crippen molar-refractivity contribution in [1.82, 2.24) is 0 Å². The standard InChI is InChI=1S/C9H8ClF2NO3/c10-6-4(12)2-1-3(11)5(6)7(14)8(15)9(13)16/h1-2,7-8,14-15H,(H2,13,16). The number of benzene rings is 1. The van der Waals surface area contributed by atoms with Gasteiger partial charge < -0.3 is 15.9 Å². The van der Waals surface area contributed by atoms with E-state index in [2.05, 4.69) is 0 Å². The van der Waals surface area contributed by atoms with Crippen molar-refractivity contribution in [3.63, 3.8) is 0 Å². The summed E-state index contributed by atoms with van der Waals surface area (Å²) in [7, 11) is 0. The topological polar surface area (TPSA) is 83.6 Å². The Morgan fingerprint density at radius 3 is 2.31 bits per heavy atom. The van der Waals surface area contributed by atoms with Crippen LogP contribution in [0.15, 0.2) is 12.1 Å². The number of primary amides is 1. The lowest BCUT2D eigenvalue weighted by molar-refractivity contribution is -0.132. The number of hydrogen-bond acceptors (Lipinski definition) is 3. The smallest absolute Gasteiger partial charge is 0.249 e. The number of carbonyl (C=O) groups is 1. The molecule has 4 N–H and O–H groups in total. The van der Waals surface area contributed by atoms with Crippen LogP contribution >= 0.6 is 11.6 Å². The molecule has 1 rings (SSSR count). The van der Waals surface area contributed by atoms with Crippen molar-refractivity contribution in [3.05, 3.63) is 34.4 Å². The Labute approximate surface area is 94.3 Å². The van der Waals surface area contributed by atoms with E-state index in [1.54, 1.807) is 0 Å². The maximum absolute atomic E-state index is 13.2. The molecule has 1 amide bonds. The van der Waals surface area contributed by atoms with Crippen molar-refractivity contribution >= 4 is 17.5 Å². The van der Waals surface area contributed by atoms with Crippen LogP contribution in [-0.2, 0) is 4.79 Å². The number of halogens is 3. The first-order valence-electron chi connectivity index (χ1n) is 4.15. The van der Waals surface area contributed by atoms with Gasteiger partial charge in [0.25, 0.3) is 0 Å². The largest absolute Gasteiger partial charge is 0.385 e. The molecule has 2 atom stereocenters. The summed E-state index contributed by atoms with van der Waals surface area (Å²) in [6.45, 7) is 0. The van der Waals surface area contributed by atoms with Gasteiger partial charge in [0.15, 0.2) is 6.10 Å². The Kier molecular flexibility index (Phi) is 3.79. The van der Waals surface area contributed by atoms with E-state index in [0.29, 0.717) is 6.07 Å². The molecule has 0 aliphatic rings. The van der Waals surface area contributed by atoms with Gasteiger partial charge in [0.05, 0.1) is 5.02 Å². The van der Waals surface area contributed by atoms with Crippen LogP contribution in [0, 0.1) is 11.6 Å². The lowest BCUT2D eigenvalue weighted by Gasteiger charge is -2.17. The molecule has 0 fully saturated rings. The molecule has 4 nitrogen and oxygen atoms in total. The monoisotopic (exact) mass is 251 g/mol. The van der Waals surface area contributed by atoms with Gasteiger partial charge in [-0.25, -0.2) is 8.78 Å². The Bertz CT molecular complexity index is 427. The first kappa shape index (κ1) is 12.8. The third kappa shape index (κ3) is 2.29. The molecule has 0 aliphatic carbocycles. The molecule has 0 aromatic heterocycles. The average Bonchev–Trinajstić information content (AvgIpc) is 2.22. The fourth-order valence-corrected chi connectivity index (χ4v) is 1.39. The molecule has 0 spiro atoms. The zero-order valence-corrected chi connectivity index (χ0v) is 8.58. The molecule has 0 saturated carbocycles. The van der Waals surface area contributed by atoms with Crippen LogP contribution in [-0.4, -0.2) is 22.2 Å². The zero-order chi connectivity index (χ0) is 12.5. The minimum Gasteiger partial charge on any atom is -0.385 e. The number of aliphatic hydroxyl groups is 2. The highest BCUT2D eigenvalue weighted by atomic mass is 35.5. The first-order chi connectivity index (χ1) is 7.36. The maximum Gasteiger partial charge on any atom is 0.249 e. The third-order valence-electron chi connectivity index (χ3n) is 1.97. The van der Waals surface area contributed by atoms with E-state index in [1.807, 2.05) is 0 Å². The van der Waals surface area contributed by atoms with Crippen molar-refractivity contribution in [2.24, 2.45) is 5.73 Å². The highest BCUT2D eigenvalue weighted by Gasteiger charge is 2.29. The minimum atomic E-state index is -2.06. The normalized spacial score (nSPS) is 14.6. The predicted molar refractivity (Wildman–Crippen MR) is 51.5 cm³/mol. The Morgan fingerprint density at radius 2 is 1.81 bits per heavy atom. The number of hydrogen-bond donors (Lipinski definition) is 3. The van der Waals surface area contributed by atoms with Crippen molar-refractivity contribution < 1.29 is 23.8 Å². The molecule has 0 heterocycles. The first-order valence-corrected chi connectivity index (χ1v) is 4.53. The van der Waals surface area contributed by atoms with Gasteiger partial charge in [-0.3, -0.25) is 4.79 Å². The summed E-state index contributed by atoms with van der Waals surface area (Å²) < 4.78 is 26.2. The molecule has 0 bridgehead atoms. The molecule has 2 unspecified atom stereocenters. The summed E-state index contributed by atoms with van der Waals surface area (Å²) in [4.78, 5) is 10.6. The highest BCUT2D eigenvalue weighted by Crippen LogP contribution is 2.30. The summed E-state index contributed by atoms with van der Waals surface area (Å²) >= 11 is 5.40. The molecule has 1 aromatic carbocycles. The molecule has 1 aromatic rings. The van der Waals surface area contributed by atoms with Gasteiger partial charge >= 0.3 is 0 Å². The van der Waals surface area contributed by atoms with Crippen molar-refractivity contribution in [3.8, 4) is 0 Å². The highest BCUT2D eigenvalue weighted by molar-refractivity contribution is 6.31. The van der Waals surface area contributed by atoms with Gasteiger partial charge in [0, 0.05) is 5.56 Å². The summed E-state index contributed by atoms with van der Waals surface area (Å²) in [6.07, 6.45) is -4.07. The second kappa shape index (κ2) is 4.73. The van der Waals surface area contributed by atoms with E-state index in [0.717, 1.165) is 6.07 Å². The van der Waals surface area contributed by atoms with Gasteiger partial charge in [0.2, 0.25) is 5.91 Å². The molecule has 88 valence electrons. The third-order valence-corrected chi connectivity index (χ3v) is 2.35. The van der Waals surface area contributed by atoms with Crippen LogP contribution in [0.2, 0.25) is 5.02 Å². The predicted octanol–water partition coefficient (Wildman–Crippen LogP) is 0.498. The zero-order valence-electron chi connectivity index (χ0n) is 7.82. The van der Waals surface area contributed by atoms with Crippen LogP contribution < -0.4 is 5.73 Å². The van der Waals surface area contributed by atoms with Crippen molar-refractivity contribution in [1.29, 1.82) is 0 Å². The average molecular weight is 252 g/mol. The molecule has 0 aliphatic heterocycles. The number of aliphatic hydroxyl groups excluding tert-OH is 2. The van der Waals surface area contributed by atoms with Crippen LogP contribution in [0.5, 0.6) is 0 Å². The second-order valence-corrected chi connectivity index (χ2v) is 3.43. The Balaban J connectivity index is 3.22. The second-order valence-electron chi connectivity index (χ2n) is 3.05. The molecular formula is C9H8ClF2NO3. The SMILES string of the molecule is NC(=O)C(O)C(O)c1c(F)ccc(F)c1Cl. The van der Waals surface area contributed by atoms with E-state index < -0.39 is 40.3 Å². The molecule has 0 radical (unpaired) electrons. The molecular weight excluding hydrogens is 244 g/mol. The summed E-state index contributed by atoms with van der Waals surface area (Å²) in [6, 6.07) is 1.47. The summed E-state index contributed by atoms with van der Waals surface area (Å²) in [5.74, 6) is -3.29. The molecule has 0 saturated heterocycles. The number of nitrogens with two attached hydrogens (primary N) is 1. The van der Waals surface area contributed by atoms with Gasteiger partial charge in [-0.15, -0.1) is 0 Å². The number of amides is 1. The summed E-state index contributed by atoms with van der Waals surface area (Å²) in [5, 5.41) is 17.8. The lowest BCUT2D eigenvalue weighted by atomic mass is 10.0. The van der Waals surface area contributed by atoms with E-state index in [1.165, 1.54) is 0 Å². The fourth-order valence-electron chi connectivity index (χ4n) is 1.13.